The first-order valence-electron chi connectivity index (χ1n) is 5.76. The number of carbonyl (C=O) groups is 1. The second-order valence-electron chi connectivity index (χ2n) is 4.66. The number of hydrogen-bond donors (Lipinski definition) is 2. The van der Waals surface area contributed by atoms with Crippen molar-refractivity contribution in [2.75, 3.05) is 11.9 Å². The van der Waals surface area contributed by atoms with Gasteiger partial charge in [-0.15, -0.1) is 0 Å². The Balaban J connectivity index is 1.97. The van der Waals surface area contributed by atoms with Gasteiger partial charge in [-0.1, -0.05) is 19.1 Å². The van der Waals surface area contributed by atoms with Gasteiger partial charge >= 0.3 is 0 Å². The zero-order chi connectivity index (χ0) is 11.5. The van der Waals surface area contributed by atoms with Crippen LogP contribution in [0, 0.1) is 12.8 Å². The van der Waals surface area contributed by atoms with E-state index in [0.717, 1.165) is 24.2 Å². The molecule has 1 aliphatic rings. The van der Waals surface area contributed by atoms with E-state index in [1.54, 1.807) is 0 Å². The number of amides is 1. The molecule has 3 heteroatoms. The summed E-state index contributed by atoms with van der Waals surface area (Å²) >= 11 is 0. The Hall–Kier alpha value is -1.35. The lowest BCUT2D eigenvalue weighted by Crippen LogP contribution is -2.35. The van der Waals surface area contributed by atoms with E-state index in [9.17, 15) is 4.79 Å². The van der Waals surface area contributed by atoms with E-state index in [1.165, 1.54) is 0 Å². The molecule has 2 N–H and O–H groups in total. The van der Waals surface area contributed by atoms with Crippen molar-refractivity contribution >= 4 is 11.6 Å². The highest BCUT2D eigenvalue weighted by Gasteiger charge is 2.26. The van der Waals surface area contributed by atoms with Crippen LogP contribution in [0.4, 0.5) is 5.69 Å². The summed E-state index contributed by atoms with van der Waals surface area (Å²) in [6.45, 7) is 5.12. The molecular weight excluding hydrogens is 200 g/mol. The van der Waals surface area contributed by atoms with E-state index in [4.69, 9.17) is 0 Å². The molecule has 3 nitrogen and oxygen atoms in total. The first kappa shape index (κ1) is 11.1. The Morgan fingerprint density at radius 3 is 2.94 bits per heavy atom. The number of hydrogen-bond acceptors (Lipinski definition) is 2. The molecule has 0 radical (unpaired) electrons. The zero-order valence-corrected chi connectivity index (χ0v) is 9.79. The normalized spacial score (nSPS) is 24.4. The van der Waals surface area contributed by atoms with Gasteiger partial charge in [-0.05, 0) is 43.5 Å². The number of benzene rings is 1. The third-order valence-electron chi connectivity index (χ3n) is 2.95. The third kappa shape index (κ3) is 2.61. The average Bonchev–Trinajstić information content (AvgIpc) is 2.65. The molecule has 0 aliphatic carbocycles. The first-order chi connectivity index (χ1) is 7.65. The third-order valence-corrected chi connectivity index (χ3v) is 2.95. The highest BCUT2D eigenvalue weighted by molar-refractivity contribution is 5.95. The summed E-state index contributed by atoms with van der Waals surface area (Å²) in [7, 11) is 0. The standard InChI is InChI=1S/C13H18N2O/c1-9-4-3-5-11(6-9)15-13(16)12-7-10(2)8-14-12/h3-6,10,12,14H,7-8H2,1-2H3,(H,15,16)/t10-,12-/m0/s1. The summed E-state index contributed by atoms with van der Waals surface area (Å²) < 4.78 is 0. The van der Waals surface area contributed by atoms with Crippen LogP contribution in [0.2, 0.25) is 0 Å². The minimum absolute atomic E-state index is 0.0319. The summed E-state index contributed by atoms with van der Waals surface area (Å²) in [4.78, 5) is 11.9. The largest absolute Gasteiger partial charge is 0.325 e. The van der Waals surface area contributed by atoms with Crippen molar-refractivity contribution in [3.05, 3.63) is 29.8 Å². The van der Waals surface area contributed by atoms with Crippen LogP contribution in [0.3, 0.4) is 0 Å². The minimum atomic E-state index is -0.0319. The summed E-state index contributed by atoms with van der Waals surface area (Å²) in [6, 6.07) is 7.84. The maximum atomic E-state index is 11.9. The maximum absolute atomic E-state index is 11.9. The van der Waals surface area contributed by atoms with Gasteiger partial charge in [0.1, 0.15) is 0 Å². The smallest absolute Gasteiger partial charge is 0.241 e. The zero-order valence-electron chi connectivity index (χ0n) is 9.79. The van der Waals surface area contributed by atoms with Crippen molar-refractivity contribution in [3.8, 4) is 0 Å². The number of rotatable bonds is 2. The molecular formula is C13H18N2O. The molecule has 1 amide bonds. The SMILES string of the molecule is Cc1cccc(NC(=O)[C@@H]2C[C@H](C)CN2)c1. The van der Waals surface area contributed by atoms with Crippen molar-refractivity contribution in [2.24, 2.45) is 5.92 Å². The number of nitrogens with one attached hydrogen (secondary N) is 2. The van der Waals surface area contributed by atoms with Gasteiger partial charge in [0.25, 0.3) is 0 Å². The van der Waals surface area contributed by atoms with Crippen LogP contribution in [0.1, 0.15) is 18.9 Å². The lowest BCUT2D eigenvalue weighted by Gasteiger charge is -2.11. The van der Waals surface area contributed by atoms with Gasteiger partial charge in [-0.3, -0.25) is 4.79 Å². The van der Waals surface area contributed by atoms with Gasteiger partial charge in [-0.25, -0.2) is 0 Å². The van der Waals surface area contributed by atoms with Crippen LogP contribution in [-0.2, 0) is 4.79 Å². The molecule has 0 unspecified atom stereocenters. The van der Waals surface area contributed by atoms with E-state index in [2.05, 4.69) is 17.6 Å². The van der Waals surface area contributed by atoms with Crippen molar-refractivity contribution in [1.29, 1.82) is 0 Å². The lowest BCUT2D eigenvalue weighted by molar-refractivity contribution is -0.117. The second-order valence-corrected chi connectivity index (χ2v) is 4.66. The maximum Gasteiger partial charge on any atom is 0.241 e. The molecule has 1 fully saturated rings. The Morgan fingerprint density at radius 2 is 2.31 bits per heavy atom. The topological polar surface area (TPSA) is 41.1 Å². The summed E-state index contributed by atoms with van der Waals surface area (Å²) in [5.74, 6) is 0.670. The molecule has 0 spiro atoms. The van der Waals surface area contributed by atoms with Crippen molar-refractivity contribution < 1.29 is 4.79 Å². The fourth-order valence-corrected chi connectivity index (χ4v) is 2.06. The Morgan fingerprint density at radius 1 is 1.50 bits per heavy atom. The quantitative estimate of drug-likeness (QED) is 0.796. The van der Waals surface area contributed by atoms with Crippen LogP contribution in [0.15, 0.2) is 24.3 Å². The van der Waals surface area contributed by atoms with Crippen LogP contribution >= 0.6 is 0 Å². The Kier molecular flexibility index (Phi) is 3.25. The van der Waals surface area contributed by atoms with Gasteiger partial charge < -0.3 is 10.6 Å². The highest BCUT2D eigenvalue weighted by atomic mass is 16.2. The fraction of sp³-hybridized carbons (Fsp3) is 0.462. The van der Waals surface area contributed by atoms with Crippen LogP contribution < -0.4 is 10.6 Å². The molecule has 0 saturated carbocycles. The van der Waals surface area contributed by atoms with E-state index < -0.39 is 0 Å². The van der Waals surface area contributed by atoms with Crippen molar-refractivity contribution in [3.63, 3.8) is 0 Å². The van der Waals surface area contributed by atoms with Gasteiger partial charge in [-0.2, -0.15) is 0 Å². The van der Waals surface area contributed by atoms with Gasteiger partial charge in [0.15, 0.2) is 0 Å². The summed E-state index contributed by atoms with van der Waals surface area (Å²) in [5.41, 5.74) is 2.04. The van der Waals surface area contributed by atoms with Crippen LogP contribution in [0.25, 0.3) is 0 Å². The van der Waals surface area contributed by atoms with Gasteiger partial charge in [0, 0.05) is 5.69 Å². The van der Waals surface area contributed by atoms with Crippen LogP contribution in [-0.4, -0.2) is 18.5 Å². The number of aryl methyl sites for hydroxylation is 1. The predicted octanol–water partition coefficient (Wildman–Crippen LogP) is 1.93. The molecule has 1 heterocycles. The Bertz CT molecular complexity index is 389. The summed E-state index contributed by atoms with van der Waals surface area (Å²) in [5, 5.41) is 6.17. The van der Waals surface area contributed by atoms with E-state index in [-0.39, 0.29) is 11.9 Å². The fourth-order valence-electron chi connectivity index (χ4n) is 2.06. The summed E-state index contributed by atoms with van der Waals surface area (Å²) in [6.07, 6.45) is 0.928. The molecule has 1 aromatic rings. The molecule has 1 aromatic carbocycles. The van der Waals surface area contributed by atoms with Crippen molar-refractivity contribution in [1.82, 2.24) is 5.32 Å². The molecule has 1 saturated heterocycles. The highest BCUT2D eigenvalue weighted by Crippen LogP contribution is 2.15. The predicted molar refractivity (Wildman–Crippen MR) is 65.4 cm³/mol. The lowest BCUT2D eigenvalue weighted by atomic mass is 10.1. The minimum Gasteiger partial charge on any atom is -0.325 e. The molecule has 2 rings (SSSR count). The van der Waals surface area contributed by atoms with Gasteiger partial charge in [0.05, 0.1) is 6.04 Å². The number of anilines is 1. The van der Waals surface area contributed by atoms with E-state index in [1.807, 2.05) is 31.2 Å². The number of carbonyl (C=O) groups excluding carboxylic acids is 1. The van der Waals surface area contributed by atoms with Gasteiger partial charge in [0.2, 0.25) is 5.91 Å². The molecule has 0 aromatic heterocycles. The molecule has 2 atom stereocenters. The van der Waals surface area contributed by atoms with Crippen LogP contribution in [0.5, 0.6) is 0 Å². The Labute approximate surface area is 96.2 Å². The molecule has 86 valence electrons. The monoisotopic (exact) mass is 218 g/mol. The average molecular weight is 218 g/mol. The molecule has 0 bridgehead atoms. The molecule has 16 heavy (non-hydrogen) atoms. The second kappa shape index (κ2) is 4.66. The van der Waals surface area contributed by atoms with Crippen molar-refractivity contribution in [2.45, 2.75) is 26.3 Å². The molecule has 1 aliphatic heterocycles. The first-order valence-corrected chi connectivity index (χ1v) is 5.76. The van der Waals surface area contributed by atoms with E-state index in [0.29, 0.717) is 5.92 Å². The van der Waals surface area contributed by atoms with E-state index >= 15 is 0 Å².